The van der Waals surface area contributed by atoms with Crippen molar-refractivity contribution < 1.29 is 14.3 Å². The first kappa shape index (κ1) is 17.6. The van der Waals surface area contributed by atoms with Crippen LogP contribution in [0.1, 0.15) is 27.6 Å². The second kappa shape index (κ2) is 7.44. The summed E-state index contributed by atoms with van der Waals surface area (Å²) in [6.07, 6.45) is 1.62. The smallest absolute Gasteiger partial charge is 0.273 e. The fourth-order valence-electron chi connectivity index (χ4n) is 3.18. The van der Waals surface area contributed by atoms with Crippen molar-refractivity contribution in [3.05, 3.63) is 78.0 Å². The van der Waals surface area contributed by atoms with E-state index in [1.165, 1.54) is 0 Å². The van der Waals surface area contributed by atoms with Crippen molar-refractivity contribution in [2.75, 3.05) is 6.61 Å². The quantitative estimate of drug-likeness (QED) is 0.476. The van der Waals surface area contributed by atoms with Crippen molar-refractivity contribution in [2.24, 2.45) is 0 Å². The predicted octanol–water partition coefficient (Wildman–Crippen LogP) is 3.79. The van der Waals surface area contributed by atoms with Gasteiger partial charge in [-0.15, -0.1) is 0 Å². The highest BCUT2D eigenvalue weighted by Gasteiger charge is 2.17. The molecule has 1 heterocycles. The Morgan fingerprint density at radius 1 is 0.893 bits per heavy atom. The maximum absolute atomic E-state index is 12.7. The lowest BCUT2D eigenvalue weighted by atomic mass is 10.1. The van der Waals surface area contributed by atoms with Crippen LogP contribution in [0.5, 0.6) is 5.75 Å². The number of benzene rings is 3. The minimum Gasteiger partial charge on any atom is -0.493 e. The molecule has 0 saturated heterocycles. The van der Waals surface area contributed by atoms with Gasteiger partial charge in [0.15, 0.2) is 0 Å². The summed E-state index contributed by atoms with van der Waals surface area (Å²) in [5.74, 6) is -0.369. The Morgan fingerprint density at radius 2 is 1.54 bits per heavy atom. The van der Waals surface area contributed by atoms with Gasteiger partial charge in [0, 0.05) is 17.1 Å². The standard InChI is InChI=1S/C22H19N3O3/c1-2-28-20-12-15-8-4-3-7-14(15)11-17(20)21(26)24-25-22(27)18-13-23-19-10-6-5-9-16(18)19/h3-13,23H,2H2,1H3,(H,24,26)(H,25,27). The Balaban J connectivity index is 1.56. The Labute approximate surface area is 161 Å². The first-order chi connectivity index (χ1) is 13.7. The van der Waals surface area contributed by atoms with Crippen LogP contribution >= 0.6 is 0 Å². The van der Waals surface area contributed by atoms with E-state index in [0.717, 1.165) is 21.7 Å². The molecule has 4 aromatic rings. The van der Waals surface area contributed by atoms with Gasteiger partial charge in [0.05, 0.1) is 17.7 Å². The van der Waals surface area contributed by atoms with Gasteiger partial charge in [-0.2, -0.15) is 0 Å². The number of amides is 2. The van der Waals surface area contributed by atoms with E-state index in [4.69, 9.17) is 4.74 Å². The van der Waals surface area contributed by atoms with Gasteiger partial charge in [0.1, 0.15) is 5.75 Å². The highest BCUT2D eigenvalue weighted by Crippen LogP contribution is 2.26. The molecule has 0 spiro atoms. The molecule has 0 aliphatic carbocycles. The first-order valence-electron chi connectivity index (χ1n) is 8.99. The van der Waals surface area contributed by atoms with Crippen molar-refractivity contribution >= 4 is 33.5 Å². The van der Waals surface area contributed by atoms with Crippen molar-refractivity contribution in [3.63, 3.8) is 0 Å². The number of hydrazine groups is 1. The van der Waals surface area contributed by atoms with E-state index < -0.39 is 11.8 Å². The molecule has 140 valence electrons. The highest BCUT2D eigenvalue weighted by atomic mass is 16.5. The molecule has 0 aliphatic rings. The van der Waals surface area contributed by atoms with Crippen LogP contribution in [0.2, 0.25) is 0 Å². The number of ether oxygens (including phenoxy) is 1. The lowest BCUT2D eigenvalue weighted by Gasteiger charge is -2.13. The molecule has 2 amide bonds. The third kappa shape index (κ3) is 3.27. The fraction of sp³-hybridized carbons (Fsp3) is 0.0909. The zero-order valence-corrected chi connectivity index (χ0v) is 15.3. The number of hydrogen-bond donors (Lipinski definition) is 3. The number of nitrogens with one attached hydrogen (secondary N) is 3. The second-order valence-electron chi connectivity index (χ2n) is 6.28. The summed E-state index contributed by atoms with van der Waals surface area (Å²) in [5.41, 5.74) is 6.63. The number of carbonyl (C=O) groups is 2. The van der Waals surface area contributed by atoms with E-state index in [0.29, 0.717) is 23.5 Å². The van der Waals surface area contributed by atoms with Gasteiger partial charge in [0.25, 0.3) is 11.8 Å². The summed E-state index contributed by atoms with van der Waals surface area (Å²) in [6, 6.07) is 18.8. The van der Waals surface area contributed by atoms with Crippen molar-refractivity contribution in [2.45, 2.75) is 6.92 Å². The molecule has 6 nitrogen and oxygen atoms in total. The number of para-hydroxylation sites is 1. The molecule has 3 N–H and O–H groups in total. The molecule has 1 aromatic heterocycles. The summed E-state index contributed by atoms with van der Waals surface area (Å²) >= 11 is 0. The normalized spacial score (nSPS) is 10.8. The van der Waals surface area contributed by atoms with Crippen molar-refractivity contribution in [3.8, 4) is 5.75 Å². The largest absolute Gasteiger partial charge is 0.493 e. The van der Waals surface area contributed by atoms with E-state index in [2.05, 4.69) is 15.8 Å². The molecule has 0 unspecified atom stereocenters. The molecule has 4 rings (SSSR count). The van der Waals surface area contributed by atoms with Gasteiger partial charge >= 0.3 is 0 Å². The maximum Gasteiger partial charge on any atom is 0.273 e. The van der Waals surface area contributed by atoms with E-state index in [1.807, 2.05) is 61.5 Å². The summed E-state index contributed by atoms with van der Waals surface area (Å²) in [7, 11) is 0. The number of aromatic nitrogens is 1. The van der Waals surface area contributed by atoms with Gasteiger partial charge in [-0.1, -0.05) is 42.5 Å². The average Bonchev–Trinajstić information content (AvgIpc) is 3.16. The number of aromatic amines is 1. The topological polar surface area (TPSA) is 83.2 Å². The van der Waals surface area contributed by atoms with Gasteiger partial charge in [-0.05, 0) is 35.9 Å². The molecule has 0 radical (unpaired) electrons. The lowest BCUT2D eigenvalue weighted by Crippen LogP contribution is -2.41. The van der Waals surface area contributed by atoms with E-state index in [1.54, 1.807) is 12.3 Å². The van der Waals surface area contributed by atoms with Gasteiger partial charge in [-0.25, -0.2) is 0 Å². The van der Waals surface area contributed by atoms with E-state index in [9.17, 15) is 9.59 Å². The lowest BCUT2D eigenvalue weighted by molar-refractivity contribution is 0.0845. The minimum atomic E-state index is -0.442. The molecule has 0 fully saturated rings. The molecular weight excluding hydrogens is 354 g/mol. The molecule has 28 heavy (non-hydrogen) atoms. The third-order valence-corrected chi connectivity index (χ3v) is 4.52. The second-order valence-corrected chi connectivity index (χ2v) is 6.28. The Bertz CT molecular complexity index is 1180. The van der Waals surface area contributed by atoms with Crippen LogP contribution in [0, 0.1) is 0 Å². The molecular formula is C22H19N3O3. The maximum atomic E-state index is 12.7. The highest BCUT2D eigenvalue weighted by molar-refractivity contribution is 6.08. The van der Waals surface area contributed by atoms with Crippen molar-refractivity contribution in [1.82, 2.24) is 15.8 Å². The van der Waals surface area contributed by atoms with Gasteiger partial charge in [-0.3, -0.25) is 20.4 Å². The van der Waals surface area contributed by atoms with Crippen LogP contribution in [-0.2, 0) is 0 Å². The van der Waals surface area contributed by atoms with Crippen LogP contribution in [0.25, 0.3) is 21.7 Å². The van der Waals surface area contributed by atoms with Gasteiger partial charge < -0.3 is 9.72 Å². The zero-order chi connectivity index (χ0) is 19.5. The Morgan fingerprint density at radius 3 is 2.29 bits per heavy atom. The molecule has 0 atom stereocenters. The monoisotopic (exact) mass is 373 g/mol. The third-order valence-electron chi connectivity index (χ3n) is 4.52. The molecule has 0 saturated carbocycles. The molecule has 0 aliphatic heterocycles. The summed E-state index contributed by atoms with van der Waals surface area (Å²) in [6.45, 7) is 2.29. The summed E-state index contributed by atoms with van der Waals surface area (Å²) in [5, 5.41) is 2.68. The number of fused-ring (bicyclic) bond motifs is 2. The summed E-state index contributed by atoms with van der Waals surface area (Å²) in [4.78, 5) is 28.3. The fourth-order valence-corrected chi connectivity index (χ4v) is 3.18. The Hall–Kier alpha value is -3.80. The molecule has 0 bridgehead atoms. The van der Waals surface area contributed by atoms with E-state index in [-0.39, 0.29) is 0 Å². The molecule has 3 aromatic carbocycles. The average molecular weight is 373 g/mol. The zero-order valence-electron chi connectivity index (χ0n) is 15.3. The van der Waals surface area contributed by atoms with Crippen molar-refractivity contribution in [1.29, 1.82) is 0 Å². The summed E-state index contributed by atoms with van der Waals surface area (Å²) < 4.78 is 5.62. The number of H-pyrrole nitrogens is 1. The van der Waals surface area contributed by atoms with Gasteiger partial charge in [0.2, 0.25) is 0 Å². The number of hydrogen-bond acceptors (Lipinski definition) is 3. The van der Waals surface area contributed by atoms with Crippen LogP contribution in [0.4, 0.5) is 0 Å². The van der Waals surface area contributed by atoms with Crippen LogP contribution in [0.3, 0.4) is 0 Å². The molecule has 6 heteroatoms. The minimum absolute atomic E-state index is 0.361. The first-order valence-corrected chi connectivity index (χ1v) is 8.99. The SMILES string of the molecule is CCOc1cc2ccccc2cc1C(=O)NNC(=O)c1c[nH]c2ccccc12. The van der Waals surface area contributed by atoms with Crippen LogP contribution in [0.15, 0.2) is 66.9 Å². The Kier molecular flexibility index (Phi) is 4.68. The number of carbonyl (C=O) groups excluding carboxylic acids is 2. The number of rotatable bonds is 4. The van der Waals surface area contributed by atoms with Crippen LogP contribution in [-0.4, -0.2) is 23.4 Å². The van der Waals surface area contributed by atoms with E-state index >= 15 is 0 Å². The van der Waals surface area contributed by atoms with Crippen LogP contribution < -0.4 is 15.6 Å². The predicted molar refractivity (Wildman–Crippen MR) is 108 cm³/mol.